The fraction of sp³-hybridized carbons (Fsp3) is 1.00. The van der Waals surface area contributed by atoms with E-state index >= 15 is 0 Å². The van der Waals surface area contributed by atoms with E-state index in [9.17, 15) is 0 Å². The molecule has 2 unspecified atom stereocenters. The molecular formula is C13H26N2O2. The van der Waals surface area contributed by atoms with Crippen molar-refractivity contribution in [2.75, 3.05) is 26.8 Å². The highest BCUT2D eigenvalue weighted by Crippen LogP contribution is 2.41. The minimum Gasteiger partial charge on any atom is -0.381 e. The lowest BCUT2D eigenvalue weighted by Gasteiger charge is -2.57. The van der Waals surface area contributed by atoms with E-state index in [2.05, 4.69) is 18.7 Å². The normalized spacial score (nSPS) is 43.4. The molecule has 1 saturated carbocycles. The van der Waals surface area contributed by atoms with E-state index in [1.165, 1.54) is 0 Å². The third kappa shape index (κ3) is 2.36. The Bertz CT molecular complexity index is 254. The number of rotatable bonds is 4. The van der Waals surface area contributed by atoms with Gasteiger partial charge in [-0.1, -0.05) is 6.92 Å². The van der Waals surface area contributed by atoms with Crippen LogP contribution in [0.25, 0.3) is 0 Å². The maximum Gasteiger partial charge on any atom is 0.0675 e. The van der Waals surface area contributed by atoms with Crippen LogP contribution in [0, 0.1) is 0 Å². The van der Waals surface area contributed by atoms with Gasteiger partial charge in [0.05, 0.1) is 18.8 Å². The van der Waals surface area contributed by atoms with Gasteiger partial charge in [0.15, 0.2) is 0 Å². The molecule has 1 aliphatic heterocycles. The predicted octanol–water partition coefficient (Wildman–Crippen LogP) is 0.992. The number of nitrogens with zero attached hydrogens (tertiary/aromatic N) is 1. The molecule has 0 bridgehead atoms. The Morgan fingerprint density at radius 3 is 2.71 bits per heavy atom. The first kappa shape index (κ1) is 13.3. The van der Waals surface area contributed by atoms with Crippen LogP contribution in [0.1, 0.15) is 33.1 Å². The van der Waals surface area contributed by atoms with Gasteiger partial charge in [-0.2, -0.15) is 0 Å². The monoisotopic (exact) mass is 242 g/mol. The first-order valence-corrected chi connectivity index (χ1v) is 6.76. The molecule has 2 aliphatic rings. The largest absolute Gasteiger partial charge is 0.381 e. The summed E-state index contributed by atoms with van der Waals surface area (Å²) in [6.07, 6.45) is 4.00. The lowest BCUT2D eigenvalue weighted by Crippen LogP contribution is -2.69. The molecule has 0 aromatic heterocycles. The summed E-state index contributed by atoms with van der Waals surface area (Å²) in [5.74, 6) is 0. The number of ether oxygens (including phenoxy) is 2. The van der Waals surface area contributed by atoms with Crippen molar-refractivity contribution in [2.24, 2.45) is 5.73 Å². The highest BCUT2D eigenvalue weighted by Gasteiger charge is 2.50. The van der Waals surface area contributed by atoms with E-state index < -0.39 is 0 Å². The summed E-state index contributed by atoms with van der Waals surface area (Å²) < 4.78 is 11.2. The van der Waals surface area contributed by atoms with Crippen LogP contribution in [0.3, 0.4) is 0 Å². The van der Waals surface area contributed by atoms with Gasteiger partial charge in [-0.25, -0.2) is 0 Å². The smallest absolute Gasteiger partial charge is 0.0675 e. The van der Waals surface area contributed by atoms with E-state index in [0.29, 0.717) is 18.2 Å². The summed E-state index contributed by atoms with van der Waals surface area (Å²) >= 11 is 0. The van der Waals surface area contributed by atoms with Gasteiger partial charge in [-0.05, 0) is 26.2 Å². The third-order valence-corrected chi connectivity index (χ3v) is 4.48. The van der Waals surface area contributed by atoms with Gasteiger partial charge in [0.2, 0.25) is 0 Å². The van der Waals surface area contributed by atoms with Gasteiger partial charge < -0.3 is 15.2 Å². The van der Waals surface area contributed by atoms with E-state index in [0.717, 1.165) is 39.0 Å². The van der Waals surface area contributed by atoms with Gasteiger partial charge in [-0.3, -0.25) is 4.90 Å². The van der Waals surface area contributed by atoms with Crippen molar-refractivity contribution >= 4 is 0 Å². The van der Waals surface area contributed by atoms with E-state index in [1.54, 1.807) is 7.11 Å². The highest BCUT2D eigenvalue weighted by atomic mass is 16.5. The molecule has 0 aromatic rings. The van der Waals surface area contributed by atoms with Crippen LogP contribution in [0.4, 0.5) is 0 Å². The zero-order chi connectivity index (χ0) is 12.5. The Hall–Kier alpha value is -0.160. The van der Waals surface area contributed by atoms with Gasteiger partial charge >= 0.3 is 0 Å². The molecule has 4 heteroatoms. The lowest BCUT2D eigenvalue weighted by molar-refractivity contribution is -0.154. The van der Waals surface area contributed by atoms with Crippen LogP contribution in [-0.2, 0) is 9.47 Å². The number of morpholine rings is 1. The minimum absolute atomic E-state index is 0.166. The van der Waals surface area contributed by atoms with Crippen LogP contribution in [0.2, 0.25) is 0 Å². The van der Waals surface area contributed by atoms with Gasteiger partial charge in [0.1, 0.15) is 0 Å². The Balaban J connectivity index is 2.06. The average molecular weight is 242 g/mol. The van der Waals surface area contributed by atoms with Crippen LogP contribution in [-0.4, -0.2) is 55.5 Å². The number of nitrogens with two attached hydrogens (primary N) is 1. The van der Waals surface area contributed by atoms with Crippen molar-refractivity contribution in [1.29, 1.82) is 0 Å². The van der Waals surface area contributed by atoms with Gasteiger partial charge in [0.25, 0.3) is 0 Å². The van der Waals surface area contributed by atoms with Gasteiger partial charge in [0, 0.05) is 31.8 Å². The summed E-state index contributed by atoms with van der Waals surface area (Å²) in [5, 5.41) is 0. The summed E-state index contributed by atoms with van der Waals surface area (Å²) in [7, 11) is 1.80. The number of hydrogen-bond donors (Lipinski definition) is 1. The molecule has 2 rings (SSSR count). The second-order valence-corrected chi connectivity index (χ2v) is 5.55. The molecule has 0 amide bonds. The van der Waals surface area contributed by atoms with E-state index in [1.807, 2.05) is 0 Å². The first-order chi connectivity index (χ1) is 8.15. The summed E-state index contributed by atoms with van der Waals surface area (Å²) in [6, 6.07) is 0.521. The Kier molecular flexibility index (Phi) is 4.08. The van der Waals surface area contributed by atoms with Crippen molar-refractivity contribution in [3.63, 3.8) is 0 Å². The highest BCUT2D eigenvalue weighted by molar-refractivity contribution is 5.07. The molecule has 1 heterocycles. The van der Waals surface area contributed by atoms with Crippen molar-refractivity contribution in [3.8, 4) is 0 Å². The molecule has 2 fully saturated rings. The third-order valence-electron chi connectivity index (χ3n) is 4.48. The molecule has 2 atom stereocenters. The van der Waals surface area contributed by atoms with Gasteiger partial charge in [-0.15, -0.1) is 0 Å². The average Bonchev–Trinajstić information content (AvgIpc) is 2.29. The van der Waals surface area contributed by atoms with Crippen LogP contribution < -0.4 is 5.73 Å². The number of methoxy groups -OCH3 is 1. The molecule has 1 saturated heterocycles. The molecule has 1 aliphatic carbocycles. The fourth-order valence-corrected chi connectivity index (χ4v) is 3.24. The number of hydrogen-bond acceptors (Lipinski definition) is 4. The van der Waals surface area contributed by atoms with Crippen LogP contribution >= 0.6 is 0 Å². The molecular weight excluding hydrogens is 216 g/mol. The van der Waals surface area contributed by atoms with Crippen molar-refractivity contribution < 1.29 is 9.47 Å². The standard InChI is InChI=1S/C13H26N2O2/c1-4-11-8-17-10(2)7-15(11)13(9-14)5-12(6-13)16-3/h10-12H,4-9,14H2,1-3H3. The van der Waals surface area contributed by atoms with Crippen LogP contribution in [0.5, 0.6) is 0 Å². The maximum atomic E-state index is 6.04. The lowest BCUT2D eigenvalue weighted by atomic mass is 9.71. The molecule has 2 N–H and O–H groups in total. The molecule has 100 valence electrons. The quantitative estimate of drug-likeness (QED) is 0.799. The topological polar surface area (TPSA) is 47.7 Å². The zero-order valence-corrected chi connectivity index (χ0v) is 11.3. The summed E-state index contributed by atoms with van der Waals surface area (Å²) in [6.45, 7) is 6.96. The molecule has 0 aromatic carbocycles. The van der Waals surface area contributed by atoms with Crippen molar-refractivity contribution in [1.82, 2.24) is 4.90 Å². The Labute approximate surface area is 104 Å². The minimum atomic E-state index is 0.166. The summed E-state index contributed by atoms with van der Waals surface area (Å²) in [5.41, 5.74) is 6.21. The van der Waals surface area contributed by atoms with E-state index in [-0.39, 0.29) is 5.54 Å². The first-order valence-electron chi connectivity index (χ1n) is 6.76. The Morgan fingerprint density at radius 1 is 1.47 bits per heavy atom. The fourth-order valence-electron chi connectivity index (χ4n) is 3.24. The summed E-state index contributed by atoms with van der Waals surface area (Å²) in [4.78, 5) is 2.59. The van der Waals surface area contributed by atoms with E-state index in [4.69, 9.17) is 15.2 Å². The predicted molar refractivity (Wildman–Crippen MR) is 68.0 cm³/mol. The Morgan fingerprint density at radius 2 is 2.18 bits per heavy atom. The maximum absolute atomic E-state index is 6.04. The van der Waals surface area contributed by atoms with Crippen molar-refractivity contribution in [2.45, 2.75) is 56.9 Å². The molecule has 4 nitrogen and oxygen atoms in total. The second-order valence-electron chi connectivity index (χ2n) is 5.55. The molecule has 17 heavy (non-hydrogen) atoms. The molecule has 0 radical (unpaired) electrons. The zero-order valence-electron chi connectivity index (χ0n) is 11.3. The van der Waals surface area contributed by atoms with Crippen molar-refractivity contribution in [3.05, 3.63) is 0 Å². The molecule has 0 spiro atoms. The second kappa shape index (κ2) is 5.22. The SMILES string of the molecule is CCC1COC(C)CN1C1(CN)CC(OC)C1. The van der Waals surface area contributed by atoms with Crippen LogP contribution in [0.15, 0.2) is 0 Å².